The average molecular weight is 535 g/mol. The molecule has 0 spiro atoms. The molecule has 3 rings (SSSR count). The molecule has 0 heterocycles. The van der Waals surface area contributed by atoms with Crippen LogP contribution in [-0.4, -0.2) is 30.5 Å². The molecule has 0 fully saturated rings. The van der Waals surface area contributed by atoms with Crippen molar-refractivity contribution in [3.05, 3.63) is 88.9 Å². The van der Waals surface area contributed by atoms with Gasteiger partial charge in [-0.15, -0.1) is 0 Å². The second-order valence-electron chi connectivity index (χ2n) is 9.09. The summed E-state index contributed by atoms with van der Waals surface area (Å²) < 4.78 is 50.0. The lowest BCUT2D eigenvalue weighted by Gasteiger charge is -2.21. The molecule has 0 radical (unpaired) electrons. The molecule has 0 saturated carbocycles. The number of para-hydroxylation sites is 1. The number of anilines is 1. The van der Waals surface area contributed by atoms with Crippen LogP contribution in [0.3, 0.4) is 0 Å². The van der Waals surface area contributed by atoms with E-state index >= 15 is 0 Å². The maximum absolute atomic E-state index is 12.8. The topological polar surface area (TPSA) is 84.5 Å². The summed E-state index contributed by atoms with van der Waals surface area (Å²) in [5, 5.41) is 0.563. The van der Waals surface area contributed by atoms with E-state index in [-0.39, 0.29) is 16.3 Å². The second-order valence-corrected chi connectivity index (χ2v) is 12.5. The zero-order valence-electron chi connectivity index (χ0n) is 20.1. The van der Waals surface area contributed by atoms with Gasteiger partial charge < -0.3 is 9.46 Å². The van der Waals surface area contributed by atoms with Crippen LogP contribution in [0.2, 0.25) is 5.02 Å². The van der Waals surface area contributed by atoms with Gasteiger partial charge in [-0.2, -0.15) is 0 Å². The Labute approximate surface area is 215 Å². The molecule has 0 aliphatic rings. The quantitative estimate of drug-likeness (QED) is 0.347. The first-order chi connectivity index (χ1) is 16.5. The summed E-state index contributed by atoms with van der Waals surface area (Å²) >= 11 is 6.17. The molecule has 1 atom stereocenters. The maximum atomic E-state index is 12.8. The predicted octanol–water partition coefficient (Wildman–Crippen LogP) is 5.36. The molecule has 9 heteroatoms. The van der Waals surface area contributed by atoms with Crippen molar-refractivity contribution in [2.45, 2.75) is 44.0 Å². The van der Waals surface area contributed by atoms with Crippen molar-refractivity contribution in [1.29, 1.82) is 0 Å². The van der Waals surface area contributed by atoms with Crippen molar-refractivity contribution >= 4 is 38.3 Å². The highest BCUT2D eigenvalue weighted by atomic mass is 35.5. The van der Waals surface area contributed by atoms with E-state index in [0.29, 0.717) is 23.8 Å². The van der Waals surface area contributed by atoms with E-state index in [0.717, 1.165) is 12.0 Å². The fourth-order valence-electron chi connectivity index (χ4n) is 3.41. The summed E-state index contributed by atoms with van der Waals surface area (Å²) in [5.74, 6) is 0.917. The minimum absolute atomic E-state index is 0.0553. The number of benzene rings is 3. The highest BCUT2D eigenvalue weighted by Gasteiger charge is 2.24. The van der Waals surface area contributed by atoms with Gasteiger partial charge in [-0.25, -0.2) is 17.3 Å². The Kier molecular flexibility index (Phi) is 9.35. The number of hydrogen-bond donors (Lipinski definition) is 2. The van der Waals surface area contributed by atoms with Crippen molar-refractivity contribution in [2.24, 2.45) is 0 Å². The van der Waals surface area contributed by atoms with E-state index < -0.39 is 26.5 Å². The van der Waals surface area contributed by atoms with E-state index in [2.05, 4.69) is 9.44 Å². The third kappa shape index (κ3) is 8.65. The molecule has 0 aromatic heterocycles. The van der Waals surface area contributed by atoms with Crippen molar-refractivity contribution in [1.82, 2.24) is 4.72 Å². The molecule has 0 aliphatic heterocycles. The van der Waals surface area contributed by atoms with Gasteiger partial charge >= 0.3 is 0 Å². The first-order valence-corrected chi connectivity index (χ1v) is 14.4. The van der Waals surface area contributed by atoms with Gasteiger partial charge in [-0.3, -0.25) is 0 Å². The number of hydrogen-bond acceptors (Lipinski definition) is 4. The third-order valence-corrected chi connectivity index (χ3v) is 7.99. The number of aryl methyl sites for hydroxylation is 1. The molecule has 3 aromatic rings. The Morgan fingerprint density at radius 1 is 0.943 bits per heavy atom. The summed E-state index contributed by atoms with van der Waals surface area (Å²) in [6.07, 6.45) is 1.22. The molecule has 1 unspecified atom stereocenters. The lowest BCUT2D eigenvalue weighted by Crippen LogP contribution is -2.40. The molecule has 188 valence electrons. The van der Waals surface area contributed by atoms with Crippen LogP contribution < -0.4 is 14.2 Å². The Hall–Kier alpha value is -2.39. The Morgan fingerprint density at radius 2 is 1.63 bits per heavy atom. The second kappa shape index (κ2) is 12.0. The lowest BCUT2D eigenvalue weighted by molar-refractivity contribution is 0.319. The van der Waals surface area contributed by atoms with E-state index in [1.54, 1.807) is 51.1 Å². The van der Waals surface area contributed by atoms with Crippen molar-refractivity contribution in [3.8, 4) is 5.75 Å². The average Bonchev–Trinajstić information content (AvgIpc) is 2.78. The van der Waals surface area contributed by atoms with Crippen LogP contribution in [0.1, 0.15) is 31.9 Å². The minimum Gasteiger partial charge on any atom is -0.493 e. The Morgan fingerprint density at radius 3 is 2.34 bits per heavy atom. The molecule has 35 heavy (non-hydrogen) atoms. The molecular formula is C26H31ClN2O4S2. The first kappa shape index (κ1) is 27.2. The summed E-state index contributed by atoms with van der Waals surface area (Å²) in [6.45, 7) is 5.80. The zero-order valence-corrected chi connectivity index (χ0v) is 22.5. The van der Waals surface area contributed by atoms with Gasteiger partial charge in [0.1, 0.15) is 21.6 Å². The van der Waals surface area contributed by atoms with Gasteiger partial charge in [0, 0.05) is 22.7 Å². The first-order valence-electron chi connectivity index (χ1n) is 11.3. The standard InChI is InChI=1S/C26H31ClN2O4S2/c1-26(2,3)29-35(31,32)25-12-8-7-11-23(25)28-34(30)18-16-21-13-14-22(27)19-24(21)33-17-15-20-9-5-4-6-10-20/h4-14,19,28-29H,15-18H2,1-3H3. The van der Waals surface area contributed by atoms with Crippen molar-refractivity contribution < 1.29 is 17.4 Å². The minimum atomic E-state index is -3.79. The fourth-order valence-corrected chi connectivity index (χ4v) is 6.15. The van der Waals surface area contributed by atoms with Gasteiger partial charge in [0.25, 0.3) is 0 Å². The summed E-state index contributed by atoms with van der Waals surface area (Å²) in [4.78, 5) is 0.0553. The zero-order chi connectivity index (χ0) is 25.5. The van der Waals surface area contributed by atoms with Gasteiger partial charge in [-0.1, -0.05) is 60.1 Å². The van der Waals surface area contributed by atoms with Crippen LogP contribution in [0.4, 0.5) is 5.69 Å². The highest BCUT2D eigenvalue weighted by Crippen LogP contribution is 2.26. The van der Waals surface area contributed by atoms with Crippen LogP contribution in [-0.2, 0) is 33.9 Å². The lowest BCUT2D eigenvalue weighted by atomic mass is 10.1. The molecule has 0 bridgehead atoms. The van der Waals surface area contributed by atoms with Gasteiger partial charge in [-0.05, 0) is 62.6 Å². The largest absolute Gasteiger partial charge is 0.493 e. The van der Waals surface area contributed by atoms with Crippen molar-refractivity contribution in [2.75, 3.05) is 17.1 Å². The maximum Gasteiger partial charge on any atom is 0.243 e. The smallest absolute Gasteiger partial charge is 0.243 e. The SMILES string of the molecule is CC(C)(C)NS(=O)(=O)c1ccccc1NS(=O)CCc1ccc(Cl)cc1OCCc1ccccc1. The van der Waals surface area contributed by atoms with Crippen LogP contribution >= 0.6 is 11.6 Å². The third-order valence-electron chi connectivity index (χ3n) is 4.92. The van der Waals surface area contributed by atoms with Crippen LogP contribution in [0.25, 0.3) is 0 Å². The monoisotopic (exact) mass is 534 g/mol. The number of nitrogens with one attached hydrogen (secondary N) is 2. The van der Waals surface area contributed by atoms with Gasteiger partial charge in [0.2, 0.25) is 10.0 Å². The predicted molar refractivity (Wildman–Crippen MR) is 144 cm³/mol. The van der Waals surface area contributed by atoms with E-state index in [9.17, 15) is 12.6 Å². The number of rotatable bonds is 11. The normalized spacial score (nSPS) is 12.8. The molecule has 3 aromatic carbocycles. The van der Waals surface area contributed by atoms with Crippen LogP contribution in [0.5, 0.6) is 5.75 Å². The van der Waals surface area contributed by atoms with E-state index in [4.69, 9.17) is 16.3 Å². The van der Waals surface area contributed by atoms with Crippen LogP contribution in [0.15, 0.2) is 77.7 Å². The fraction of sp³-hybridized carbons (Fsp3) is 0.308. The molecule has 0 saturated heterocycles. The van der Waals surface area contributed by atoms with E-state index in [1.165, 1.54) is 11.6 Å². The molecule has 0 amide bonds. The van der Waals surface area contributed by atoms with E-state index in [1.807, 2.05) is 36.4 Å². The molecule has 6 nitrogen and oxygen atoms in total. The van der Waals surface area contributed by atoms with Crippen LogP contribution in [0, 0.1) is 0 Å². The summed E-state index contributed by atoms with van der Waals surface area (Å²) in [5.41, 5.74) is 1.71. The molecule has 2 N–H and O–H groups in total. The summed E-state index contributed by atoms with van der Waals surface area (Å²) in [7, 11) is -5.31. The highest BCUT2D eigenvalue weighted by molar-refractivity contribution is 7.90. The number of ether oxygens (including phenoxy) is 1. The molecule has 0 aliphatic carbocycles. The summed E-state index contributed by atoms with van der Waals surface area (Å²) in [6, 6.07) is 21.9. The van der Waals surface area contributed by atoms with Gasteiger partial charge in [0.15, 0.2) is 0 Å². The molecular weight excluding hydrogens is 504 g/mol. The number of sulfonamides is 1. The Balaban J connectivity index is 1.64. The number of halogens is 1. The van der Waals surface area contributed by atoms with Gasteiger partial charge in [0.05, 0.1) is 12.3 Å². The van der Waals surface area contributed by atoms with Crippen molar-refractivity contribution in [3.63, 3.8) is 0 Å². The Bertz CT molecular complexity index is 1260.